The number of allylic oxidation sites excluding steroid dienone is 1. The normalized spacial score (nSPS) is 45.7. The van der Waals surface area contributed by atoms with E-state index in [-0.39, 0.29) is 11.5 Å². The molecule has 4 nitrogen and oxygen atoms in total. The van der Waals surface area contributed by atoms with Crippen LogP contribution in [-0.2, 0) is 11.3 Å². The van der Waals surface area contributed by atoms with Crippen LogP contribution in [0.5, 0.6) is 0 Å². The Bertz CT molecular complexity index is 842. The Morgan fingerprint density at radius 2 is 2.03 bits per heavy atom. The number of nitrogens with zero attached hydrogens (tertiary/aromatic N) is 2. The first kappa shape index (κ1) is 19.5. The number of aliphatic hydroxyl groups is 1. The lowest BCUT2D eigenvalue weighted by molar-refractivity contribution is -0.141. The molecule has 4 fully saturated rings. The Hall–Kier alpha value is -1.42. The first-order valence-corrected chi connectivity index (χ1v) is 11.8. The number of aromatic nitrogens is 2. The van der Waals surface area contributed by atoms with Crippen LogP contribution in [0.15, 0.2) is 17.8 Å². The molecule has 0 unspecified atom stereocenters. The maximum atomic E-state index is 13.5. The molecular weight excluding hydrogens is 360 g/mol. The quantitative estimate of drug-likeness (QED) is 0.726. The van der Waals surface area contributed by atoms with Crippen molar-refractivity contribution >= 4 is 11.9 Å². The molecule has 0 aliphatic heterocycles. The van der Waals surface area contributed by atoms with Crippen LogP contribution in [0, 0.1) is 34.5 Å². The average Bonchev–Trinajstić information content (AvgIpc) is 3.25. The largest absolute Gasteiger partial charge is 0.393 e. The van der Waals surface area contributed by atoms with E-state index < -0.39 is 0 Å². The Morgan fingerprint density at radius 3 is 2.83 bits per heavy atom. The van der Waals surface area contributed by atoms with Crippen molar-refractivity contribution in [2.75, 3.05) is 0 Å². The molecule has 7 atom stereocenters. The lowest BCUT2D eigenvalue weighted by Gasteiger charge is -2.59. The van der Waals surface area contributed by atoms with E-state index in [1.165, 1.54) is 19.3 Å². The SMILES string of the molecule is CCn1nccc1/C=C1/C[C@H]2[C@@H]3CC[C@@H]4C[C@@H](O)CC[C@]4(C)[C@H]3CC[C@]2(C)C1=O. The fourth-order valence-electron chi connectivity index (χ4n) is 7.94. The minimum Gasteiger partial charge on any atom is -0.393 e. The lowest BCUT2D eigenvalue weighted by Crippen LogP contribution is -2.54. The molecule has 0 spiro atoms. The van der Waals surface area contributed by atoms with Gasteiger partial charge in [-0.1, -0.05) is 13.8 Å². The minimum absolute atomic E-state index is 0.0931. The Morgan fingerprint density at radius 1 is 1.21 bits per heavy atom. The van der Waals surface area contributed by atoms with Gasteiger partial charge in [0.2, 0.25) is 0 Å². The number of aliphatic hydroxyl groups excluding tert-OH is 1. The summed E-state index contributed by atoms with van der Waals surface area (Å²) in [5, 5.41) is 14.6. The van der Waals surface area contributed by atoms with Crippen molar-refractivity contribution in [3.8, 4) is 0 Å². The van der Waals surface area contributed by atoms with Crippen LogP contribution in [-0.4, -0.2) is 26.8 Å². The number of rotatable bonds is 2. The van der Waals surface area contributed by atoms with Crippen molar-refractivity contribution < 1.29 is 9.90 Å². The molecule has 1 aromatic rings. The first-order chi connectivity index (χ1) is 13.9. The molecule has 1 heterocycles. The van der Waals surface area contributed by atoms with Gasteiger partial charge in [-0.05, 0) is 105 Å². The molecular formula is C25H36N2O2. The standard InChI is InChI=1S/C25H36N2O2/c1-4-27-18(9-12-26-27)13-16-14-22-20-6-5-17-15-19(28)7-10-24(17,2)21(20)8-11-25(22,3)23(16)29/h9,12-13,17,19-22,28H,4-8,10-11,14-15H2,1-3H3/b16-13-/t17-,19+,20-,21+,22+,24+,25+/m1/s1. The summed E-state index contributed by atoms with van der Waals surface area (Å²) >= 11 is 0. The third kappa shape index (κ3) is 2.81. The van der Waals surface area contributed by atoms with E-state index >= 15 is 0 Å². The van der Waals surface area contributed by atoms with Crippen LogP contribution in [0.2, 0.25) is 0 Å². The molecule has 0 radical (unpaired) electrons. The predicted octanol–water partition coefficient (Wildman–Crippen LogP) is 4.87. The second kappa shape index (κ2) is 6.80. The van der Waals surface area contributed by atoms with Crippen LogP contribution in [0.3, 0.4) is 0 Å². The predicted molar refractivity (Wildman–Crippen MR) is 114 cm³/mol. The van der Waals surface area contributed by atoms with Gasteiger partial charge in [0.15, 0.2) is 5.78 Å². The zero-order valence-electron chi connectivity index (χ0n) is 18.2. The molecule has 4 aliphatic rings. The maximum absolute atomic E-state index is 13.5. The molecule has 0 aromatic carbocycles. The highest BCUT2D eigenvalue weighted by atomic mass is 16.3. The highest BCUT2D eigenvalue weighted by Gasteiger charge is 2.61. The molecule has 1 N–H and O–H groups in total. The van der Waals surface area contributed by atoms with Crippen LogP contribution < -0.4 is 0 Å². The van der Waals surface area contributed by atoms with Crippen LogP contribution in [0.1, 0.15) is 77.8 Å². The number of aryl methyl sites for hydroxylation is 1. The molecule has 0 amide bonds. The van der Waals surface area contributed by atoms with Gasteiger partial charge in [-0.3, -0.25) is 9.48 Å². The highest BCUT2D eigenvalue weighted by Crippen LogP contribution is 2.66. The van der Waals surface area contributed by atoms with E-state index in [1.807, 2.05) is 16.9 Å². The van der Waals surface area contributed by atoms with Crippen molar-refractivity contribution in [1.82, 2.24) is 9.78 Å². The van der Waals surface area contributed by atoms with Gasteiger partial charge in [0.1, 0.15) is 0 Å². The third-order valence-electron chi connectivity index (χ3n) is 9.65. The number of Topliss-reactive ketones (excluding diaryl/α,β-unsaturated/α-hetero) is 1. The molecule has 4 saturated carbocycles. The van der Waals surface area contributed by atoms with E-state index in [1.54, 1.807) is 0 Å². The van der Waals surface area contributed by atoms with Crippen molar-refractivity contribution in [2.45, 2.75) is 84.8 Å². The number of fused-ring (bicyclic) bond motifs is 5. The van der Waals surface area contributed by atoms with Gasteiger partial charge in [0, 0.05) is 18.2 Å². The number of carbonyl (C=O) groups is 1. The summed E-state index contributed by atoms with van der Waals surface area (Å²) in [7, 11) is 0. The average molecular weight is 397 g/mol. The van der Waals surface area contributed by atoms with Crippen molar-refractivity contribution in [2.24, 2.45) is 34.5 Å². The number of hydrogen-bond acceptors (Lipinski definition) is 3. The summed E-state index contributed by atoms with van der Waals surface area (Å²) in [6.45, 7) is 7.69. The van der Waals surface area contributed by atoms with Crippen LogP contribution in [0.4, 0.5) is 0 Å². The van der Waals surface area contributed by atoms with Gasteiger partial charge in [-0.2, -0.15) is 5.10 Å². The van der Waals surface area contributed by atoms with Crippen molar-refractivity contribution in [1.29, 1.82) is 0 Å². The Labute approximate surface area is 174 Å². The van der Waals surface area contributed by atoms with Gasteiger partial charge < -0.3 is 5.11 Å². The first-order valence-electron chi connectivity index (χ1n) is 11.8. The number of hydrogen-bond donors (Lipinski definition) is 1. The fraction of sp³-hybridized carbons (Fsp3) is 0.760. The van der Waals surface area contributed by atoms with Gasteiger partial charge in [0.05, 0.1) is 11.8 Å². The van der Waals surface area contributed by atoms with E-state index in [0.717, 1.165) is 55.8 Å². The molecule has 0 saturated heterocycles. The summed E-state index contributed by atoms with van der Waals surface area (Å²) in [6, 6.07) is 2.02. The summed E-state index contributed by atoms with van der Waals surface area (Å²) in [5.74, 6) is 2.94. The molecule has 29 heavy (non-hydrogen) atoms. The molecule has 158 valence electrons. The maximum Gasteiger partial charge on any atom is 0.165 e. The van der Waals surface area contributed by atoms with Gasteiger partial charge in [-0.15, -0.1) is 0 Å². The smallest absolute Gasteiger partial charge is 0.165 e. The fourth-order valence-corrected chi connectivity index (χ4v) is 7.94. The molecule has 4 heteroatoms. The Balaban J connectivity index is 1.45. The minimum atomic E-state index is -0.179. The Kier molecular flexibility index (Phi) is 4.58. The van der Waals surface area contributed by atoms with E-state index in [4.69, 9.17) is 0 Å². The topological polar surface area (TPSA) is 55.1 Å². The zero-order chi connectivity index (χ0) is 20.4. The molecule has 0 bridgehead atoms. The zero-order valence-corrected chi connectivity index (χ0v) is 18.2. The monoisotopic (exact) mass is 396 g/mol. The summed E-state index contributed by atoms with van der Waals surface area (Å²) in [6.07, 6.45) is 12.6. The van der Waals surface area contributed by atoms with Gasteiger partial charge in [0.25, 0.3) is 0 Å². The van der Waals surface area contributed by atoms with E-state index in [2.05, 4.69) is 31.9 Å². The second-order valence-electron chi connectivity index (χ2n) is 10.8. The molecule has 4 aliphatic carbocycles. The van der Waals surface area contributed by atoms with Gasteiger partial charge in [-0.25, -0.2) is 0 Å². The van der Waals surface area contributed by atoms with Gasteiger partial charge >= 0.3 is 0 Å². The third-order valence-corrected chi connectivity index (χ3v) is 9.65. The summed E-state index contributed by atoms with van der Waals surface area (Å²) in [4.78, 5) is 13.5. The number of ketones is 1. The molecule has 5 rings (SSSR count). The van der Waals surface area contributed by atoms with E-state index in [0.29, 0.717) is 29.0 Å². The second-order valence-corrected chi connectivity index (χ2v) is 10.8. The molecule has 1 aromatic heterocycles. The number of carbonyl (C=O) groups excluding carboxylic acids is 1. The summed E-state index contributed by atoms with van der Waals surface area (Å²) in [5.41, 5.74) is 2.27. The summed E-state index contributed by atoms with van der Waals surface area (Å²) < 4.78 is 1.98. The van der Waals surface area contributed by atoms with E-state index in [9.17, 15) is 9.90 Å². The van der Waals surface area contributed by atoms with Crippen molar-refractivity contribution in [3.63, 3.8) is 0 Å². The highest BCUT2D eigenvalue weighted by molar-refractivity contribution is 6.05. The van der Waals surface area contributed by atoms with Crippen molar-refractivity contribution in [3.05, 3.63) is 23.5 Å². The lowest BCUT2D eigenvalue weighted by atomic mass is 9.45. The van der Waals surface area contributed by atoms with Crippen LogP contribution in [0.25, 0.3) is 6.08 Å². The van der Waals surface area contributed by atoms with Crippen LogP contribution >= 0.6 is 0 Å².